The number of fused-ring (bicyclic) bond motifs is 1. The predicted molar refractivity (Wildman–Crippen MR) is 94.2 cm³/mol. The highest BCUT2D eigenvalue weighted by Gasteiger charge is 2.38. The number of methoxy groups -OCH3 is 1. The average molecular weight is 397 g/mol. The molecule has 0 heterocycles. The van der Waals surface area contributed by atoms with Crippen molar-refractivity contribution in [3.63, 3.8) is 0 Å². The van der Waals surface area contributed by atoms with E-state index < -0.39 is 35.8 Å². The van der Waals surface area contributed by atoms with E-state index in [0.717, 1.165) is 12.1 Å². The van der Waals surface area contributed by atoms with Crippen LogP contribution in [0.1, 0.15) is 27.5 Å². The SMILES string of the molecule is CO[C@@H]1Cc2c(C(=O)Nc3ccc(F)c(Cl)c3)ccc(F)c2[C@H]1NC(=O)O. The highest BCUT2D eigenvalue weighted by atomic mass is 35.5. The van der Waals surface area contributed by atoms with E-state index in [2.05, 4.69) is 10.6 Å². The Hall–Kier alpha value is -2.71. The summed E-state index contributed by atoms with van der Waals surface area (Å²) in [7, 11) is 1.38. The molecule has 0 spiro atoms. The predicted octanol–water partition coefficient (Wildman–Crippen LogP) is 3.75. The Kier molecular flexibility index (Phi) is 5.29. The standard InChI is InChI=1S/C18H15ClF2N2O4/c1-27-14-7-10-9(3-5-13(21)15(10)16(14)23-18(25)26)17(24)22-8-2-4-12(20)11(19)6-8/h2-6,14,16,23H,7H2,1H3,(H,22,24)(H,25,26)/t14-,16+/m1/s1. The molecule has 3 rings (SSSR count). The van der Waals surface area contributed by atoms with Crippen molar-refractivity contribution in [3.05, 3.63) is 63.7 Å². The Morgan fingerprint density at radius 2 is 1.93 bits per heavy atom. The lowest BCUT2D eigenvalue weighted by atomic mass is 10.0. The fraction of sp³-hybridized carbons (Fsp3) is 0.222. The molecule has 0 saturated carbocycles. The van der Waals surface area contributed by atoms with Gasteiger partial charge in [0.05, 0.1) is 17.2 Å². The van der Waals surface area contributed by atoms with Gasteiger partial charge in [-0.1, -0.05) is 11.6 Å². The Morgan fingerprint density at radius 1 is 1.22 bits per heavy atom. The lowest BCUT2D eigenvalue weighted by Gasteiger charge is -2.19. The Balaban J connectivity index is 1.96. The van der Waals surface area contributed by atoms with Crippen LogP contribution in [0.4, 0.5) is 19.3 Å². The van der Waals surface area contributed by atoms with Gasteiger partial charge in [0.1, 0.15) is 11.6 Å². The van der Waals surface area contributed by atoms with Crippen molar-refractivity contribution < 1.29 is 28.2 Å². The van der Waals surface area contributed by atoms with Gasteiger partial charge in [0.25, 0.3) is 5.91 Å². The van der Waals surface area contributed by atoms with Gasteiger partial charge < -0.3 is 20.5 Å². The lowest BCUT2D eigenvalue weighted by molar-refractivity contribution is 0.0767. The second kappa shape index (κ2) is 7.50. The number of anilines is 1. The van der Waals surface area contributed by atoms with Crippen LogP contribution in [-0.2, 0) is 11.2 Å². The summed E-state index contributed by atoms with van der Waals surface area (Å²) in [6, 6.07) is 5.18. The molecule has 0 unspecified atom stereocenters. The number of halogens is 3. The quantitative estimate of drug-likeness (QED) is 0.734. The minimum absolute atomic E-state index is 0.0778. The first kappa shape index (κ1) is 19.1. The van der Waals surface area contributed by atoms with Crippen molar-refractivity contribution in [2.24, 2.45) is 0 Å². The van der Waals surface area contributed by atoms with Gasteiger partial charge in [-0.05, 0) is 35.9 Å². The molecule has 0 saturated heterocycles. The van der Waals surface area contributed by atoms with E-state index in [1.807, 2.05) is 0 Å². The van der Waals surface area contributed by atoms with E-state index in [0.29, 0.717) is 5.56 Å². The van der Waals surface area contributed by atoms with Crippen molar-refractivity contribution in [1.29, 1.82) is 0 Å². The molecule has 9 heteroatoms. The summed E-state index contributed by atoms with van der Waals surface area (Å²) < 4.78 is 32.9. The van der Waals surface area contributed by atoms with Crippen LogP contribution in [-0.4, -0.2) is 30.3 Å². The molecule has 0 aliphatic heterocycles. The molecule has 1 aliphatic rings. The zero-order valence-corrected chi connectivity index (χ0v) is 14.8. The second-order valence-electron chi connectivity index (χ2n) is 5.98. The van der Waals surface area contributed by atoms with Gasteiger partial charge in [0.15, 0.2) is 0 Å². The second-order valence-corrected chi connectivity index (χ2v) is 6.38. The van der Waals surface area contributed by atoms with Gasteiger partial charge in [-0.15, -0.1) is 0 Å². The molecular formula is C18H15ClF2N2O4. The van der Waals surface area contributed by atoms with E-state index in [1.165, 1.54) is 25.3 Å². The van der Waals surface area contributed by atoms with Gasteiger partial charge in [-0.2, -0.15) is 0 Å². The summed E-state index contributed by atoms with van der Waals surface area (Å²) in [5, 5.41) is 13.7. The van der Waals surface area contributed by atoms with Crippen molar-refractivity contribution in [3.8, 4) is 0 Å². The molecule has 6 nitrogen and oxygen atoms in total. The van der Waals surface area contributed by atoms with Crippen LogP contribution in [0.3, 0.4) is 0 Å². The maximum atomic E-state index is 14.4. The Morgan fingerprint density at radius 3 is 2.56 bits per heavy atom. The van der Waals surface area contributed by atoms with Crippen molar-refractivity contribution in [2.75, 3.05) is 12.4 Å². The highest BCUT2D eigenvalue weighted by Crippen LogP contribution is 2.37. The normalized spacial score (nSPS) is 18.1. The van der Waals surface area contributed by atoms with Gasteiger partial charge >= 0.3 is 6.09 Å². The largest absolute Gasteiger partial charge is 0.465 e. The number of hydrogen-bond donors (Lipinski definition) is 3. The average Bonchev–Trinajstić information content (AvgIpc) is 2.97. The third-order valence-electron chi connectivity index (χ3n) is 4.40. The first-order valence-corrected chi connectivity index (χ1v) is 8.29. The molecule has 0 aromatic heterocycles. The number of ether oxygens (including phenoxy) is 1. The van der Waals surface area contributed by atoms with Crippen molar-refractivity contribution in [2.45, 2.75) is 18.6 Å². The topological polar surface area (TPSA) is 87.7 Å². The number of hydrogen-bond acceptors (Lipinski definition) is 3. The van der Waals surface area contributed by atoms with E-state index in [9.17, 15) is 18.4 Å². The molecule has 0 fully saturated rings. The fourth-order valence-corrected chi connectivity index (χ4v) is 3.38. The first-order chi connectivity index (χ1) is 12.8. The molecular weight excluding hydrogens is 382 g/mol. The third-order valence-corrected chi connectivity index (χ3v) is 4.69. The molecule has 0 radical (unpaired) electrons. The van der Waals surface area contributed by atoms with Gasteiger partial charge in [0.2, 0.25) is 0 Å². The van der Waals surface area contributed by atoms with Crippen molar-refractivity contribution in [1.82, 2.24) is 5.32 Å². The molecule has 1 aliphatic carbocycles. The number of nitrogens with one attached hydrogen (secondary N) is 2. The zero-order valence-electron chi connectivity index (χ0n) is 14.1. The molecule has 2 amide bonds. The first-order valence-electron chi connectivity index (χ1n) is 7.91. The molecule has 142 valence electrons. The molecule has 3 N–H and O–H groups in total. The Bertz CT molecular complexity index is 922. The molecule has 2 aromatic carbocycles. The van der Waals surface area contributed by atoms with Crippen LogP contribution < -0.4 is 10.6 Å². The van der Waals surface area contributed by atoms with Crippen LogP contribution in [0.15, 0.2) is 30.3 Å². The maximum absolute atomic E-state index is 14.4. The van der Waals surface area contributed by atoms with E-state index >= 15 is 0 Å². The summed E-state index contributed by atoms with van der Waals surface area (Å²) in [5.74, 6) is -1.81. The van der Waals surface area contributed by atoms with Crippen LogP contribution in [0, 0.1) is 11.6 Å². The summed E-state index contributed by atoms with van der Waals surface area (Å²) >= 11 is 5.71. The maximum Gasteiger partial charge on any atom is 0.405 e. The zero-order chi connectivity index (χ0) is 19.7. The van der Waals surface area contributed by atoms with Crippen LogP contribution in [0.5, 0.6) is 0 Å². The fourth-order valence-electron chi connectivity index (χ4n) is 3.20. The van der Waals surface area contributed by atoms with Gasteiger partial charge in [-0.3, -0.25) is 4.79 Å². The van der Waals surface area contributed by atoms with Crippen LogP contribution in [0.2, 0.25) is 5.02 Å². The number of rotatable bonds is 4. The van der Waals surface area contributed by atoms with Crippen molar-refractivity contribution >= 4 is 29.3 Å². The molecule has 2 aromatic rings. The summed E-state index contributed by atoms with van der Waals surface area (Å²) in [6.45, 7) is 0. The van der Waals surface area contributed by atoms with E-state index in [1.54, 1.807) is 0 Å². The van der Waals surface area contributed by atoms with Crippen LogP contribution >= 0.6 is 11.6 Å². The molecule has 27 heavy (non-hydrogen) atoms. The summed E-state index contributed by atoms with van der Waals surface area (Å²) in [4.78, 5) is 23.7. The molecule has 0 bridgehead atoms. The minimum atomic E-state index is -1.33. The van der Waals surface area contributed by atoms with E-state index in [4.69, 9.17) is 21.4 Å². The summed E-state index contributed by atoms with van der Waals surface area (Å²) in [6.07, 6.45) is -1.83. The smallest absolute Gasteiger partial charge is 0.405 e. The van der Waals surface area contributed by atoms with Gasteiger partial charge in [0, 0.05) is 30.3 Å². The lowest BCUT2D eigenvalue weighted by Crippen LogP contribution is -2.34. The summed E-state index contributed by atoms with van der Waals surface area (Å²) in [5.41, 5.74) is 0.870. The Labute approximate surface area is 158 Å². The number of benzene rings is 2. The van der Waals surface area contributed by atoms with Gasteiger partial charge in [-0.25, -0.2) is 13.6 Å². The van der Waals surface area contributed by atoms with E-state index in [-0.39, 0.29) is 28.3 Å². The number of carboxylic acid groups (broad SMARTS) is 1. The van der Waals surface area contributed by atoms with Crippen LogP contribution in [0.25, 0.3) is 0 Å². The number of carbonyl (C=O) groups is 2. The monoisotopic (exact) mass is 396 g/mol. The third kappa shape index (κ3) is 3.72. The number of amides is 2. The minimum Gasteiger partial charge on any atom is -0.465 e. The molecule has 2 atom stereocenters. The number of carbonyl (C=O) groups excluding carboxylic acids is 1. The highest BCUT2D eigenvalue weighted by molar-refractivity contribution is 6.31.